The minimum absolute atomic E-state index is 0.0581. The van der Waals surface area contributed by atoms with Crippen LogP contribution in [0, 0.1) is 0 Å². The number of allylic oxidation sites excluding steroid dienone is 8. The molecule has 15 nitrogen and oxygen atoms in total. The van der Waals surface area contributed by atoms with Crippen molar-refractivity contribution in [1.82, 2.24) is 0 Å². The van der Waals surface area contributed by atoms with Crippen molar-refractivity contribution < 1.29 is 72.1 Å². The molecule has 0 spiro atoms. The molecule has 17 heteroatoms. The standard InChI is InChI=1S/C47H86O15P2/c1-3-5-7-9-11-13-15-17-19-21-22-24-26-28-30-32-34-36-41(48)60-40(38-58-37-35-33-31-29-27-25-23-20-18-16-14-12-10-8-6-4-2)39-59-64(56,57)62-47-44(51)42(49)43(50)46(45(47)52)61-63(53,54)55/h11,13,17,19,22,24,28,30,40,42-47,49-52H,3-10,12,14-16,18,20-21,23,25-27,29,31-39H2,1-2H3,(H,56,57)(H2,53,54,55)/b13-11-,19-17-,24-22-,30-28-/t40-,42+,43-,44+,45-,46+,47-/m0/s1. The minimum Gasteiger partial charge on any atom is -0.457 e. The first-order valence-corrected chi connectivity index (χ1v) is 27.2. The van der Waals surface area contributed by atoms with Gasteiger partial charge < -0.3 is 44.6 Å². The first-order valence-electron chi connectivity index (χ1n) is 24.2. The van der Waals surface area contributed by atoms with Gasteiger partial charge >= 0.3 is 21.6 Å². The van der Waals surface area contributed by atoms with Crippen LogP contribution < -0.4 is 0 Å². The van der Waals surface area contributed by atoms with Gasteiger partial charge in [0.25, 0.3) is 0 Å². The van der Waals surface area contributed by atoms with Crippen molar-refractivity contribution in [2.24, 2.45) is 0 Å². The first-order chi connectivity index (χ1) is 30.7. The van der Waals surface area contributed by atoms with E-state index in [9.17, 15) is 49.0 Å². The molecule has 1 rings (SSSR count). The summed E-state index contributed by atoms with van der Waals surface area (Å²) in [4.78, 5) is 41.7. The number of carbonyl (C=O) groups is 1. The van der Waals surface area contributed by atoms with Gasteiger partial charge in [-0.2, -0.15) is 0 Å². The Balaban J connectivity index is 2.56. The molecule has 1 aliphatic rings. The predicted molar refractivity (Wildman–Crippen MR) is 250 cm³/mol. The average Bonchev–Trinajstić information content (AvgIpc) is 3.25. The molecule has 1 unspecified atom stereocenters. The van der Waals surface area contributed by atoms with Gasteiger partial charge in [-0.15, -0.1) is 0 Å². The van der Waals surface area contributed by atoms with E-state index >= 15 is 0 Å². The van der Waals surface area contributed by atoms with Crippen LogP contribution in [0.5, 0.6) is 0 Å². The van der Waals surface area contributed by atoms with Gasteiger partial charge in [-0.3, -0.25) is 18.4 Å². The summed E-state index contributed by atoms with van der Waals surface area (Å²) in [6.45, 7) is 3.94. The summed E-state index contributed by atoms with van der Waals surface area (Å²) in [7, 11) is -10.6. The van der Waals surface area contributed by atoms with Crippen LogP contribution in [0.15, 0.2) is 48.6 Å². The molecular formula is C47H86O15P2. The Hall–Kier alpha value is -1.55. The lowest BCUT2D eigenvalue weighted by Gasteiger charge is -2.43. The highest BCUT2D eigenvalue weighted by atomic mass is 31.2. The molecule has 0 aromatic rings. The third-order valence-corrected chi connectivity index (χ3v) is 12.4. The van der Waals surface area contributed by atoms with Crippen LogP contribution in [-0.4, -0.2) is 104 Å². The van der Waals surface area contributed by atoms with E-state index in [2.05, 4.69) is 54.8 Å². The molecular weight excluding hydrogens is 866 g/mol. The van der Waals surface area contributed by atoms with Gasteiger partial charge in [-0.1, -0.05) is 172 Å². The number of rotatable bonds is 41. The summed E-state index contributed by atoms with van der Waals surface area (Å²) < 4.78 is 50.0. The summed E-state index contributed by atoms with van der Waals surface area (Å²) in [5.41, 5.74) is 0. The second-order valence-corrected chi connectivity index (χ2v) is 19.4. The van der Waals surface area contributed by atoms with Gasteiger partial charge in [0.05, 0.1) is 13.2 Å². The molecule has 7 N–H and O–H groups in total. The molecule has 0 bridgehead atoms. The van der Waals surface area contributed by atoms with Crippen molar-refractivity contribution in [1.29, 1.82) is 0 Å². The van der Waals surface area contributed by atoms with Gasteiger partial charge in [-0.25, -0.2) is 9.13 Å². The SMILES string of the molecule is CCCCC/C=C\C/C=C\C/C=C\C/C=C\CCCC(=O)O[C@@H](COCCCCCCCCCCCCCCCCCC)COP(=O)(O)O[C@@H]1[C@@H](O)[C@H](OP(=O)(O)O)[C@@H](O)[C@@H](O)[C@H]1O. The van der Waals surface area contributed by atoms with E-state index in [0.29, 0.717) is 19.4 Å². The lowest BCUT2D eigenvalue weighted by atomic mass is 9.85. The second-order valence-electron chi connectivity index (χ2n) is 16.8. The summed E-state index contributed by atoms with van der Waals surface area (Å²) in [6.07, 6.45) is 30.9. The van der Waals surface area contributed by atoms with E-state index in [1.807, 2.05) is 12.2 Å². The van der Waals surface area contributed by atoms with Crippen molar-refractivity contribution in [3.63, 3.8) is 0 Å². The number of hydrogen-bond donors (Lipinski definition) is 7. The predicted octanol–water partition coefficient (Wildman–Crippen LogP) is 9.76. The molecule has 64 heavy (non-hydrogen) atoms. The zero-order chi connectivity index (χ0) is 47.3. The van der Waals surface area contributed by atoms with E-state index in [-0.39, 0.29) is 13.0 Å². The van der Waals surface area contributed by atoms with Gasteiger partial charge in [0, 0.05) is 13.0 Å². The zero-order valence-electron chi connectivity index (χ0n) is 39.0. The highest BCUT2D eigenvalue weighted by Crippen LogP contribution is 2.49. The normalized spacial score (nSPS) is 22.3. The Labute approximate surface area is 384 Å². The maximum absolute atomic E-state index is 13.0. The number of phosphoric acid groups is 2. The van der Waals surface area contributed by atoms with E-state index < -0.39 is 70.9 Å². The van der Waals surface area contributed by atoms with Gasteiger partial charge in [-0.05, 0) is 51.4 Å². The first kappa shape index (κ1) is 60.5. The van der Waals surface area contributed by atoms with E-state index in [0.717, 1.165) is 51.4 Å². The molecule has 374 valence electrons. The zero-order valence-corrected chi connectivity index (χ0v) is 40.7. The number of phosphoric ester groups is 2. The third-order valence-electron chi connectivity index (χ3n) is 10.9. The number of carbonyl (C=O) groups excluding carboxylic acids is 1. The highest BCUT2D eigenvalue weighted by molar-refractivity contribution is 7.47. The topological polar surface area (TPSA) is 239 Å². The Morgan fingerprint density at radius 3 is 1.42 bits per heavy atom. The molecule has 1 fully saturated rings. The van der Waals surface area contributed by atoms with Gasteiger partial charge in [0.1, 0.15) is 42.7 Å². The van der Waals surface area contributed by atoms with Crippen molar-refractivity contribution in [3.8, 4) is 0 Å². The number of aliphatic hydroxyl groups excluding tert-OH is 4. The van der Waals surface area contributed by atoms with Crippen molar-refractivity contribution in [2.75, 3.05) is 19.8 Å². The van der Waals surface area contributed by atoms with Crippen molar-refractivity contribution >= 4 is 21.6 Å². The lowest BCUT2D eigenvalue weighted by molar-refractivity contribution is -0.216. The molecule has 0 aliphatic heterocycles. The van der Waals surface area contributed by atoms with Crippen LogP contribution in [0.25, 0.3) is 0 Å². The smallest absolute Gasteiger partial charge is 0.457 e. The number of esters is 1. The third kappa shape index (κ3) is 32.2. The fraction of sp³-hybridized carbons (Fsp3) is 0.809. The fourth-order valence-corrected chi connectivity index (χ4v) is 8.74. The second kappa shape index (κ2) is 38.4. The Morgan fingerprint density at radius 1 is 0.516 bits per heavy atom. The number of unbranched alkanes of at least 4 members (excludes halogenated alkanes) is 19. The van der Waals surface area contributed by atoms with E-state index in [4.69, 9.17) is 18.5 Å². The molecule has 0 amide bonds. The Morgan fingerprint density at radius 2 is 0.938 bits per heavy atom. The van der Waals surface area contributed by atoms with Crippen LogP contribution in [0.3, 0.4) is 0 Å². The Bertz CT molecular complexity index is 1370. The summed E-state index contributed by atoms with van der Waals surface area (Å²) in [5, 5.41) is 41.3. The van der Waals surface area contributed by atoms with Gasteiger partial charge in [0.2, 0.25) is 0 Å². The maximum Gasteiger partial charge on any atom is 0.472 e. The Kier molecular flexibility index (Phi) is 36.3. The van der Waals surface area contributed by atoms with Crippen LogP contribution in [0.1, 0.15) is 181 Å². The number of ether oxygens (including phenoxy) is 2. The quantitative estimate of drug-likeness (QED) is 0.0131. The van der Waals surface area contributed by atoms with Crippen molar-refractivity contribution in [3.05, 3.63) is 48.6 Å². The van der Waals surface area contributed by atoms with Crippen molar-refractivity contribution in [2.45, 2.75) is 224 Å². The molecule has 1 aliphatic carbocycles. The molecule has 0 radical (unpaired) electrons. The molecule has 1 saturated carbocycles. The van der Waals surface area contributed by atoms with Crippen LogP contribution >= 0.6 is 15.6 Å². The minimum atomic E-state index is -5.34. The molecule has 0 heterocycles. The van der Waals surface area contributed by atoms with Crippen LogP contribution in [-0.2, 0) is 37.0 Å². The highest BCUT2D eigenvalue weighted by Gasteiger charge is 2.54. The van der Waals surface area contributed by atoms with E-state index in [1.54, 1.807) is 0 Å². The van der Waals surface area contributed by atoms with E-state index in [1.165, 1.54) is 96.3 Å². The molecule has 8 atom stereocenters. The lowest BCUT2D eigenvalue weighted by Crippen LogP contribution is -2.64. The van der Waals surface area contributed by atoms with Crippen LogP contribution in [0.4, 0.5) is 0 Å². The molecule has 0 aromatic heterocycles. The largest absolute Gasteiger partial charge is 0.472 e. The monoisotopic (exact) mass is 953 g/mol. The maximum atomic E-state index is 13.0. The summed E-state index contributed by atoms with van der Waals surface area (Å²) >= 11 is 0. The average molecular weight is 953 g/mol. The molecule has 0 aromatic carbocycles. The number of hydrogen-bond acceptors (Lipinski definition) is 12. The molecule has 0 saturated heterocycles. The fourth-order valence-electron chi connectivity index (χ4n) is 7.20. The van der Waals surface area contributed by atoms with Crippen LogP contribution in [0.2, 0.25) is 0 Å². The van der Waals surface area contributed by atoms with Gasteiger partial charge in [0.15, 0.2) is 0 Å². The summed E-state index contributed by atoms with van der Waals surface area (Å²) in [6, 6.07) is 0. The summed E-state index contributed by atoms with van der Waals surface area (Å²) in [5.74, 6) is -0.586. The number of aliphatic hydroxyl groups is 4.